The molecule has 1 amide bonds. The fourth-order valence-electron chi connectivity index (χ4n) is 4.72. The van der Waals surface area contributed by atoms with E-state index in [1.165, 1.54) is 6.07 Å². The molecule has 0 unspecified atom stereocenters. The van der Waals surface area contributed by atoms with E-state index >= 15 is 0 Å². The Bertz CT molecular complexity index is 996. The predicted octanol–water partition coefficient (Wildman–Crippen LogP) is 3.90. The van der Waals surface area contributed by atoms with Crippen molar-refractivity contribution in [3.8, 4) is 0 Å². The largest absolute Gasteiger partial charge is 0.416 e. The van der Waals surface area contributed by atoms with Gasteiger partial charge < -0.3 is 20.0 Å². The number of likely N-dealkylation sites (N-methyl/N-ethyl adjacent to an activating group) is 1. The van der Waals surface area contributed by atoms with Crippen LogP contribution in [-0.4, -0.2) is 63.7 Å². The van der Waals surface area contributed by atoms with Crippen LogP contribution in [0.4, 0.5) is 24.5 Å². The first-order chi connectivity index (χ1) is 15.6. The van der Waals surface area contributed by atoms with Crippen LogP contribution in [0.5, 0.6) is 0 Å². The van der Waals surface area contributed by atoms with E-state index in [0.717, 1.165) is 17.4 Å². The number of rotatable bonds is 5. The summed E-state index contributed by atoms with van der Waals surface area (Å²) < 4.78 is 40.0. The number of hydrogen-bond donors (Lipinski definition) is 1. The highest BCUT2D eigenvalue weighted by Gasteiger charge is 2.42. The van der Waals surface area contributed by atoms with E-state index in [4.69, 9.17) is 11.6 Å². The van der Waals surface area contributed by atoms with Gasteiger partial charge in [0.05, 0.1) is 17.5 Å². The van der Waals surface area contributed by atoms with Gasteiger partial charge in [-0.3, -0.25) is 4.79 Å². The van der Waals surface area contributed by atoms with Crippen LogP contribution in [0.25, 0.3) is 0 Å². The lowest BCUT2D eigenvalue weighted by Crippen LogP contribution is -2.61. The molecular formula is C24H28ClF3N4O. The molecule has 0 spiro atoms. The third kappa shape index (κ3) is 5.22. The number of fused-ring (bicyclic) bond motifs is 3. The van der Waals surface area contributed by atoms with Crippen molar-refractivity contribution in [2.45, 2.75) is 18.6 Å². The molecule has 0 aliphatic carbocycles. The Labute approximate surface area is 197 Å². The van der Waals surface area contributed by atoms with E-state index < -0.39 is 17.7 Å². The van der Waals surface area contributed by atoms with Gasteiger partial charge in [-0.25, -0.2) is 0 Å². The number of benzene rings is 2. The number of nitrogens with zero attached hydrogens (tertiary/aromatic N) is 3. The zero-order valence-electron chi connectivity index (χ0n) is 18.7. The van der Waals surface area contributed by atoms with E-state index in [-0.39, 0.29) is 18.4 Å². The van der Waals surface area contributed by atoms with Crippen molar-refractivity contribution in [1.82, 2.24) is 10.2 Å². The van der Waals surface area contributed by atoms with Crippen LogP contribution in [0.15, 0.2) is 42.5 Å². The number of piperazine rings is 1. The highest BCUT2D eigenvalue weighted by Crippen LogP contribution is 2.40. The third-order valence-corrected chi connectivity index (χ3v) is 6.68. The molecule has 1 saturated heterocycles. The van der Waals surface area contributed by atoms with Gasteiger partial charge in [-0.1, -0.05) is 11.6 Å². The number of anilines is 2. The lowest BCUT2D eigenvalue weighted by molar-refractivity contribution is -0.137. The molecule has 2 aliphatic heterocycles. The van der Waals surface area contributed by atoms with Crippen molar-refractivity contribution in [3.63, 3.8) is 0 Å². The van der Waals surface area contributed by atoms with Crippen molar-refractivity contribution >= 4 is 28.9 Å². The molecule has 0 saturated carbocycles. The Kier molecular flexibility index (Phi) is 6.77. The van der Waals surface area contributed by atoms with Crippen molar-refractivity contribution in [2.24, 2.45) is 5.92 Å². The maximum atomic E-state index is 13.3. The molecule has 1 fully saturated rings. The maximum Gasteiger partial charge on any atom is 0.416 e. The van der Waals surface area contributed by atoms with E-state index in [9.17, 15) is 18.0 Å². The molecule has 2 heterocycles. The van der Waals surface area contributed by atoms with Gasteiger partial charge in [0, 0.05) is 49.1 Å². The lowest BCUT2D eigenvalue weighted by Gasteiger charge is -2.49. The van der Waals surface area contributed by atoms with Gasteiger partial charge in [0.25, 0.3) is 0 Å². The Balaban J connectivity index is 1.63. The topological polar surface area (TPSA) is 38.8 Å². The second-order valence-corrected chi connectivity index (χ2v) is 9.37. The molecule has 1 N–H and O–H groups in total. The number of carbonyl (C=O) groups excluding carboxylic acids is 1. The highest BCUT2D eigenvalue weighted by atomic mass is 35.5. The second-order valence-electron chi connectivity index (χ2n) is 8.93. The van der Waals surface area contributed by atoms with E-state index in [2.05, 4.69) is 15.1 Å². The summed E-state index contributed by atoms with van der Waals surface area (Å²) in [7, 11) is 3.85. The smallest absolute Gasteiger partial charge is 0.368 e. The van der Waals surface area contributed by atoms with Crippen LogP contribution < -0.4 is 15.1 Å². The molecule has 9 heteroatoms. The van der Waals surface area contributed by atoms with Gasteiger partial charge in [0.15, 0.2) is 0 Å². The average molecular weight is 481 g/mol. The zero-order valence-corrected chi connectivity index (χ0v) is 19.5. The molecule has 2 aromatic rings. The number of carbonyl (C=O) groups is 1. The summed E-state index contributed by atoms with van der Waals surface area (Å²) in [5.74, 6) is -0.564. The summed E-state index contributed by atoms with van der Waals surface area (Å²) in [4.78, 5) is 19.5. The van der Waals surface area contributed by atoms with Crippen LogP contribution >= 0.6 is 11.6 Å². The summed E-state index contributed by atoms with van der Waals surface area (Å²) in [5.41, 5.74) is 1.71. The van der Waals surface area contributed by atoms with Gasteiger partial charge >= 0.3 is 6.18 Å². The van der Waals surface area contributed by atoms with Gasteiger partial charge in [0.2, 0.25) is 5.91 Å². The van der Waals surface area contributed by atoms with Crippen molar-refractivity contribution in [1.29, 1.82) is 0 Å². The number of halogens is 4. The zero-order chi connectivity index (χ0) is 23.8. The molecule has 33 heavy (non-hydrogen) atoms. The van der Waals surface area contributed by atoms with Crippen LogP contribution in [0.3, 0.4) is 0 Å². The number of nitrogens with one attached hydrogen (secondary N) is 1. The maximum absolute atomic E-state index is 13.3. The number of hydrogen-bond acceptors (Lipinski definition) is 4. The fraction of sp³-hybridized carbons (Fsp3) is 0.458. The fourth-order valence-corrected chi connectivity index (χ4v) is 4.85. The minimum atomic E-state index is -4.41. The van der Waals surface area contributed by atoms with Gasteiger partial charge in [-0.05, 0) is 68.5 Å². The number of amides is 1. The molecule has 178 valence electrons. The summed E-state index contributed by atoms with van der Waals surface area (Å²) in [6.45, 7) is 3.11. The van der Waals surface area contributed by atoms with Crippen LogP contribution in [-0.2, 0) is 17.4 Å². The lowest BCUT2D eigenvalue weighted by atomic mass is 9.82. The summed E-state index contributed by atoms with van der Waals surface area (Å²) in [6, 6.07) is 11.3. The van der Waals surface area contributed by atoms with Crippen molar-refractivity contribution in [2.75, 3.05) is 56.6 Å². The summed E-state index contributed by atoms with van der Waals surface area (Å²) in [5, 5.41) is 3.64. The Morgan fingerprint density at radius 3 is 2.55 bits per heavy atom. The molecule has 2 aliphatic rings. The highest BCUT2D eigenvalue weighted by molar-refractivity contribution is 6.30. The minimum Gasteiger partial charge on any atom is -0.368 e. The van der Waals surface area contributed by atoms with Crippen LogP contribution in [0.2, 0.25) is 5.02 Å². The van der Waals surface area contributed by atoms with Gasteiger partial charge in [-0.2, -0.15) is 13.2 Å². The predicted molar refractivity (Wildman–Crippen MR) is 125 cm³/mol. The minimum absolute atomic E-state index is 0.118. The average Bonchev–Trinajstić information content (AvgIpc) is 2.77. The summed E-state index contributed by atoms with van der Waals surface area (Å²) >= 11 is 6.03. The first-order valence-corrected chi connectivity index (χ1v) is 11.4. The molecule has 0 bridgehead atoms. The normalized spacial score (nSPS) is 20.5. The number of alkyl halides is 3. The van der Waals surface area contributed by atoms with Crippen molar-refractivity contribution < 1.29 is 18.0 Å². The summed E-state index contributed by atoms with van der Waals surface area (Å²) in [6.07, 6.45) is -4.13. The van der Waals surface area contributed by atoms with E-state index in [0.29, 0.717) is 43.3 Å². The Hall–Kier alpha value is -2.45. The van der Waals surface area contributed by atoms with Crippen molar-refractivity contribution in [3.05, 3.63) is 58.6 Å². The van der Waals surface area contributed by atoms with Crippen LogP contribution in [0.1, 0.15) is 11.1 Å². The standard InChI is InChI=1S/C24H28ClF3N4O/c1-30(2)10-9-29-23(33)20-14-16-13-17(24(26,27)28)3-8-21(16)32-12-11-31(15-22(20)32)19-6-4-18(25)5-7-19/h3-8,13,20,22H,9-12,14-15H2,1-2H3,(H,29,33)/t20-,22+/m1/s1. The van der Waals surface area contributed by atoms with E-state index in [1.807, 2.05) is 43.3 Å². The quantitative estimate of drug-likeness (QED) is 0.704. The van der Waals surface area contributed by atoms with Gasteiger partial charge in [-0.15, -0.1) is 0 Å². The molecule has 0 aromatic heterocycles. The monoisotopic (exact) mass is 480 g/mol. The molecule has 0 radical (unpaired) electrons. The first kappa shape index (κ1) is 23.7. The van der Waals surface area contributed by atoms with E-state index in [1.54, 1.807) is 6.07 Å². The first-order valence-electron chi connectivity index (χ1n) is 11.0. The van der Waals surface area contributed by atoms with Gasteiger partial charge in [0.1, 0.15) is 0 Å². The molecule has 5 nitrogen and oxygen atoms in total. The molecule has 2 aromatic carbocycles. The molecule has 2 atom stereocenters. The third-order valence-electron chi connectivity index (χ3n) is 6.43. The Morgan fingerprint density at radius 1 is 1.15 bits per heavy atom. The second kappa shape index (κ2) is 9.43. The molecule has 4 rings (SSSR count). The SMILES string of the molecule is CN(C)CCNC(=O)[C@@H]1Cc2cc(C(F)(F)F)ccc2N2CCN(c3ccc(Cl)cc3)C[C@@H]12. The van der Waals surface area contributed by atoms with Crippen LogP contribution in [0, 0.1) is 5.92 Å². The Morgan fingerprint density at radius 2 is 1.88 bits per heavy atom. The molecular weight excluding hydrogens is 453 g/mol.